The van der Waals surface area contributed by atoms with Crippen LogP contribution in [-0.4, -0.2) is 20.7 Å². The average Bonchev–Trinajstić information content (AvgIpc) is 2.97. The van der Waals surface area contributed by atoms with Crippen LogP contribution in [0.4, 0.5) is 5.82 Å². The molecule has 4 rings (SSSR count). The highest BCUT2D eigenvalue weighted by molar-refractivity contribution is 6.08. The molecule has 0 unspecified atom stereocenters. The van der Waals surface area contributed by atoms with E-state index in [1.54, 1.807) is 0 Å². The molecule has 0 aliphatic heterocycles. The first-order chi connectivity index (χ1) is 12.5. The minimum absolute atomic E-state index is 0.170. The number of rotatable bonds is 3. The van der Waals surface area contributed by atoms with Gasteiger partial charge in [0.05, 0.1) is 10.9 Å². The van der Waals surface area contributed by atoms with Gasteiger partial charge in [0.25, 0.3) is 5.91 Å². The fraction of sp³-hybridized carbons (Fsp3) is 0.190. The molecule has 2 aromatic heterocycles. The Morgan fingerprint density at radius 3 is 2.50 bits per heavy atom. The zero-order chi connectivity index (χ0) is 18.3. The third-order valence-corrected chi connectivity index (χ3v) is 4.52. The molecule has 130 valence electrons. The molecule has 4 aromatic rings. The van der Waals surface area contributed by atoms with E-state index in [2.05, 4.69) is 29.5 Å². The molecule has 5 heteroatoms. The third-order valence-electron chi connectivity index (χ3n) is 4.52. The summed E-state index contributed by atoms with van der Waals surface area (Å²) in [5.41, 5.74) is 4.61. The first kappa shape index (κ1) is 16.3. The number of pyridine rings is 1. The second-order valence-corrected chi connectivity index (χ2v) is 6.54. The van der Waals surface area contributed by atoms with Crippen LogP contribution < -0.4 is 5.32 Å². The molecule has 0 atom stereocenters. The van der Waals surface area contributed by atoms with E-state index in [4.69, 9.17) is 4.98 Å². The maximum atomic E-state index is 12.6. The van der Waals surface area contributed by atoms with Crippen LogP contribution in [0.25, 0.3) is 21.9 Å². The molecule has 0 fully saturated rings. The summed E-state index contributed by atoms with van der Waals surface area (Å²) in [5.74, 6) is 0.374. The Labute approximate surface area is 151 Å². The molecule has 1 amide bonds. The van der Waals surface area contributed by atoms with Gasteiger partial charge in [0.15, 0.2) is 11.5 Å². The topological polar surface area (TPSA) is 59.8 Å². The minimum atomic E-state index is -0.170. The number of anilines is 1. The number of hydrogen-bond acceptors (Lipinski definition) is 3. The standard InChI is InChI=1S/C21H20N4O/c1-4-25-20-17(12-16-10-7-14(3)11-18(16)22-20)19(24-25)23-21(26)15-8-5-13(2)6-9-15/h5-12H,4H2,1-3H3,(H,23,24,26). The lowest BCUT2D eigenvalue weighted by molar-refractivity contribution is 0.102. The van der Waals surface area contributed by atoms with E-state index in [9.17, 15) is 4.79 Å². The number of carbonyl (C=O) groups excluding carboxylic acids is 1. The summed E-state index contributed by atoms with van der Waals surface area (Å²) >= 11 is 0. The van der Waals surface area contributed by atoms with Crippen molar-refractivity contribution in [2.75, 3.05) is 5.32 Å². The van der Waals surface area contributed by atoms with Gasteiger partial charge in [-0.25, -0.2) is 9.67 Å². The molecule has 0 aliphatic rings. The number of aromatic nitrogens is 3. The zero-order valence-corrected chi connectivity index (χ0v) is 15.1. The number of hydrogen-bond donors (Lipinski definition) is 1. The summed E-state index contributed by atoms with van der Waals surface area (Å²) in [6.07, 6.45) is 0. The average molecular weight is 344 g/mol. The quantitative estimate of drug-likeness (QED) is 0.596. The van der Waals surface area contributed by atoms with Gasteiger partial charge in [-0.2, -0.15) is 5.10 Å². The second kappa shape index (κ2) is 6.26. The second-order valence-electron chi connectivity index (χ2n) is 6.54. The van der Waals surface area contributed by atoms with Crippen molar-refractivity contribution in [3.63, 3.8) is 0 Å². The van der Waals surface area contributed by atoms with Crippen molar-refractivity contribution in [2.24, 2.45) is 0 Å². The molecule has 0 saturated carbocycles. The molecule has 1 N–H and O–H groups in total. The Morgan fingerprint density at radius 1 is 1.04 bits per heavy atom. The summed E-state index contributed by atoms with van der Waals surface area (Å²) < 4.78 is 1.82. The monoisotopic (exact) mass is 344 g/mol. The Morgan fingerprint density at radius 2 is 1.77 bits per heavy atom. The van der Waals surface area contributed by atoms with Gasteiger partial charge in [-0.3, -0.25) is 4.79 Å². The third kappa shape index (κ3) is 2.81. The number of benzene rings is 2. The molecule has 0 bridgehead atoms. The summed E-state index contributed by atoms with van der Waals surface area (Å²) in [4.78, 5) is 17.4. The van der Waals surface area contributed by atoms with Crippen LogP contribution in [0.15, 0.2) is 48.5 Å². The Kier molecular flexibility index (Phi) is 3.92. The number of amides is 1. The van der Waals surface area contributed by atoms with Crippen molar-refractivity contribution in [1.29, 1.82) is 0 Å². The Hall–Kier alpha value is -3.21. The van der Waals surface area contributed by atoms with Crippen molar-refractivity contribution in [2.45, 2.75) is 27.3 Å². The number of fused-ring (bicyclic) bond motifs is 2. The Balaban J connectivity index is 1.80. The van der Waals surface area contributed by atoms with Gasteiger partial charge in [0.2, 0.25) is 0 Å². The molecular weight excluding hydrogens is 324 g/mol. The van der Waals surface area contributed by atoms with Crippen LogP contribution in [0, 0.1) is 13.8 Å². The van der Waals surface area contributed by atoms with Crippen molar-refractivity contribution in [1.82, 2.24) is 14.8 Å². The molecule has 0 saturated heterocycles. The Bertz CT molecular complexity index is 1130. The van der Waals surface area contributed by atoms with E-state index in [1.165, 1.54) is 5.56 Å². The lowest BCUT2D eigenvalue weighted by Crippen LogP contribution is -2.12. The van der Waals surface area contributed by atoms with Crippen LogP contribution in [0.1, 0.15) is 28.4 Å². The van der Waals surface area contributed by atoms with Crippen LogP contribution in [0.5, 0.6) is 0 Å². The predicted octanol–water partition coefficient (Wildman–Crippen LogP) is 4.47. The lowest BCUT2D eigenvalue weighted by atomic mass is 10.1. The molecule has 0 aliphatic carbocycles. The van der Waals surface area contributed by atoms with E-state index in [0.29, 0.717) is 17.9 Å². The summed E-state index contributed by atoms with van der Waals surface area (Å²) in [6.45, 7) is 6.74. The molecule has 5 nitrogen and oxygen atoms in total. The van der Waals surface area contributed by atoms with E-state index in [-0.39, 0.29) is 5.91 Å². The maximum Gasteiger partial charge on any atom is 0.256 e. The van der Waals surface area contributed by atoms with E-state index < -0.39 is 0 Å². The van der Waals surface area contributed by atoms with Crippen molar-refractivity contribution in [3.05, 3.63) is 65.2 Å². The first-order valence-corrected chi connectivity index (χ1v) is 8.71. The van der Waals surface area contributed by atoms with Gasteiger partial charge in [-0.05, 0) is 50.6 Å². The smallest absolute Gasteiger partial charge is 0.256 e. The first-order valence-electron chi connectivity index (χ1n) is 8.71. The fourth-order valence-electron chi connectivity index (χ4n) is 3.06. The molecule has 2 heterocycles. The van der Waals surface area contributed by atoms with Crippen LogP contribution in [0.3, 0.4) is 0 Å². The molecular formula is C21H20N4O. The lowest BCUT2D eigenvalue weighted by Gasteiger charge is -2.04. The minimum Gasteiger partial charge on any atom is -0.305 e. The maximum absolute atomic E-state index is 12.6. The number of nitrogens with zero attached hydrogens (tertiary/aromatic N) is 3. The fourth-order valence-corrected chi connectivity index (χ4v) is 3.06. The molecule has 26 heavy (non-hydrogen) atoms. The van der Waals surface area contributed by atoms with Crippen molar-refractivity contribution >= 4 is 33.7 Å². The van der Waals surface area contributed by atoms with Crippen LogP contribution in [0.2, 0.25) is 0 Å². The molecule has 0 spiro atoms. The van der Waals surface area contributed by atoms with Crippen LogP contribution in [-0.2, 0) is 6.54 Å². The van der Waals surface area contributed by atoms with Crippen molar-refractivity contribution < 1.29 is 4.79 Å². The SMILES string of the molecule is CCn1nc(NC(=O)c2ccc(C)cc2)c2cc3ccc(C)cc3nc21. The van der Waals surface area contributed by atoms with E-state index >= 15 is 0 Å². The number of aryl methyl sites for hydroxylation is 3. The van der Waals surface area contributed by atoms with Gasteiger partial charge in [-0.1, -0.05) is 29.8 Å². The summed E-state index contributed by atoms with van der Waals surface area (Å²) in [5, 5.41) is 9.38. The molecule has 2 aromatic carbocycles. The number of nitrogens with one attached hydrogen (secondary N) is 1. The highest BCUT2D eigenvalue weighted by atomic mass is 16.1. The highest BCUT2D eigenvalue weighted by Crippen LogP contribution is 2.27. The van der Waals surface area contributed by atoms with Gasteiger partial charge < -0.3 is 5.32 Å². The normalized spacial score (nSPS) is 11.2. The van der Waals surface area contributed by atoms with Crippen molar-refractivity contribution in [3.8, 4) is 0 Å². The largest absolute Gasteiger partial charge is 0.305 e. The van der Waals surface area contributed by atoms with Gasteiger partial charge >= 0.3 is 0 Å². The van der Waals surface area contributed by atoms with E-state index in [1.807, 2.05) is 54.9 Å². The van der Waals surface area contributed by atoms with Gasteiger partial charge in [-0.15, -0.1) is 0 Å². The van der Waals surface area contributed by atoms with Gasteiger partial charge in [0, 0.05) is 17.5 Å². The summed E-state index contributed by atoms with van der Waals surface area (Å²) in [7, 11) is 0. The highest BCUT2D eigenvalue weighted by Gasteiger charge is 2.15. The van der Waals surface area contributed by atoms with Crippen LogP contribution >= 0.6 is 0 Å². The summed E-state index contributed by atoms with van der Waals surface area (Å²) in [6, 6.07) is 15.7. The predicted molar refractivity (Wildman–Crippen MR) is 105 cm³/mol. The zero-order valence-electron chi connectivity index (χ0n) is 15.1. The number of carbonyl (C=O) groups is 1. The van der Waals surface area contributed by atoms with Gasteiger partial charge in [0.1, 0.15) is 0 Å². The van der Waals surface area contributed by atoms with E-state index in [0.717, 1.165) is 27.5 Å². The molecule has 0 radical (unpaired) electrons.